The molecule has 1 aliphatic carbocycles. The van der Waals surface area contributed by atoms with Gasteiger partial charge < -0.3 is 15.5 Å². The van der Waals surface area contributed by atoms with E-state index in [-0.39, 0.29) is 0 Å². The Labute approximate surface area is 175 Å². The standard InChI is InChI=1S/C16H22Cl2N2.C4H4O4/c17-14-4-3-13(16(18)9-14)11-20(10-12-1-2-12)15-5-7-19-8-6-15;5-3(6)1-2-4(7)8/h3-4,9,12,15,19H,1-2,5-8,10-11H2;1-2H,(H,5,6)(H,7,8)/b;2-1+. The number of hydrogen-bond donors (Lipinski definition) is 3. The summed E-state index contributed by atoms with van der Waals surface area (Å²) in [7, 11) is 0. The van der Waals surface area contributed by atoms with Crippen molar-refractivity contribution in [3.05, 3.63) is 46.0 Å². The Morgan fingerprint density at radius 1 is 1.07 bits per heavy atom. The van der Waals surface area contributed by atoms with Crippen molar-refractivity contribution in [2.24, 2.45) is 5.92 Å². The van der Waals surface area contributed by atoms with E-state index < -0.39 is 11.9 Å². The van der Waals surface area contributed by atoms with Crippen molar-refractivity contribution in [3.8, 4) is 0 Å². The Morgan fingerprint density at radius 3 is 2.18 bits per heavy atom. The number of carboxylic acid groups (broad SMARTS) is 2. The van der Waals surface area contributed by atoms with Crippen LogP contribution in [-0.2, 0) is 16.1 Å². The summed E-state index contributed by atoms with van der Waals surface area (Å²) in [4.78, 5) is 21.8. The topological polar surface area (TPSA) is 89.9 Å². The zero-order chi connectivity index (χ0) is 20.5. The number of rotatable bonds is 7. The van der Waals surface area contributed by atoms with Gasteiger partial charge in [0.25, 0.3) is 0 Å². The molecule has 1 aromatic rings. The molecule has 2 aliphatic rings. The third kappa shape index (κ3) is 8.61. The zero-order valence-electron chi connectivity index (χ0n) is 15.6. The molecule has 1 saturated carbocycles. The van der Waals surface area contributed by atoms with Crippen LogP contribution in [0.15, 0.2) is 30.4 Å². The van der Waals surface area contributed by atoms with Gasteiger partial charge in [-0.15, -0.1) is 0 Å². The number of nitrogens with one attached hydrogen (secondary N) is 1. The summed E-state index contributed by atoms with van der Waals surface area (Å²) in [5.41, 5.74) is 1.20. The normalized spacial score (nSPS) is 17.4. The Morgan fingerprint density at radius 2 is 1.68 bits per heavy atom. The Kier molecular flexibility index (Phi) is 9.25. The maximum atomic E-state index is 9.55. The number of halogens is 2. The van der Waals surface area contributed by atoms with E-state index in [0.29, 0.717) is 23.2 Å². The van der Waals surface area contributed by atoms with Crippen molar-refractivity contribution in [3.63, 3.8) is 0 Å². The van der Waals surface area contributed by atoms with Crippen LogP contribution >= 0.6 is 23.2 Å². The van der Waals surface area contributed by atoms with Crippen LogP contribution in [0.25, 0.3) is 0 Å². The van der Waals surface area contributed by atoms with Crippen LogP contribution in [-0.4, -0.2) is 52.7 Å². The van der Waals surface area contributed by atoms with Crippen molar-refractivity contribution in [1.82, 2.24) is 10.2 Å². The van der Waals surface area contributed by atoms with Gasteiger partial charge in [-0.05, 0) is 62.4 Å². The monoisotopic (exact) mass is 428 g/mol. The molecule has 8 heteroatoms. The minimum Gasteiger partial charge on any atom is -0.478 e. The second-order valence-electron chi connectivity index (χ2n) is 7.10. The van der Waals surface area contributed by atoms with Crippen LogP contribution in [0.1, 0.15) is 31.2 Å². The molecule has 1 saturated heterocycles. The van der Waals surface area contributed by atoms with Gasteiger partial charge in [0.1, 0.15) is 0 Å². The molecule has 3 rings (SSSR count). The first-order chi connectivity index (χ1) is 13.3. The first-order valence-corrected chi connectivity index (χ1v) is 10.1. The summed E-state index contributed by atoms with van der Waals surface area (Å²) in [5, 5.41) is 20.6. The molecule has 0 spiro atoms. The van der Waals surface area contributed by atoms with Crippen LogP contribution in [0.4, 0.5) is 0 Å². The van der Waals surface area contributed by atoms with Gasteiger partial charge in [0, 0.05) is 41.3 Å². The van der Waals surface area contributed by atoms with Crippen LogP contribution in [0.3, 0.4) is 0 Å². The molecule has 0 aromatic heterocycles. The number of carbonyl (C=O) groups is 2. The van der Waals surface area contributed by atoms with Gasteiger partial charge in [0.05, 0.1) is 0 Å². The van der Waals surface area contributed by atoms with Crippen molar-refractivity contribution in [2.75, 3.05) is 19.6 Å². The molecule has 0 atom stereocenters. The molecule has 154 valence electrons. The summed E-state index contributed by atoms with van der Waals surface area (Å²) < 4.78 is 0. The minimum absolute atomic E-state index is 0.558. The number of nitrogens with zero attached hydrogens (tertiary/aromatic N) is 1. The SMILES string of the molecule is Clc1ccc(CN(CC2CC2)C2CCNCC2)c(Cl)c1.O=C(O)/C=C/C(=O)O. The fourth-order valence-corrected chi connectivity index (χ4v) is 3.63. The predicted octanol–water partition coefficient (Wildman–Crippen LogP) is 3.67. The summed E-state index contributed by atoms with van der Waals surface area (Å²) in [6, 6.07) is 6.58. The molecule has 0 unspecified atom stereocenters. The smallest absolute Gasteiger partial charge is 0.328 e. The van der Waals surface area contributed by atoms with E-state index >= 15 is 0 Å². The van der Waals surface area contributed by atoms with Crippen molar-refractivity contribution in [2.45, 2.75) is 38.3 Å². The fourth-order valence-electron chi connectivity index (χ4n) is 3.16. The number of carboxylic acids is 2. The van der Waals surface area contributed by atoms with Crippen LogP contribution in [0.2, 0.25) is 10.0 Å². The van der Waals surface area contributed by atoms with Gasteiger partial charge in [-0.1, -0.05) is 29.3 Å². The second-order valence-corrected chi connectivity index (χ2v) is 7.94. The Balaban J connectivity index is 0.000000300. The first kappa shape index (κ1) is 22.7. The molecule has 28 heavy (non-hydrogen) atoms. The highest BCUT2D eigenvalue weighted by Gasteiger charge is 2.29. The third-order valence-corrected chi connectivity index (χ3v) is 5.36. The van der Waals surface area contributed by atoms with Gasteiger partial charge in [0.2, 0.25) is 0 Å². The van der Waals surface area contributed by atoms with E-state index in [0.717, 1.165) is 30.6 Å². The lowest BCUT2D eigenvalue weighted by Gasteiger charge is -2.35. The Hall–Kier alpha value is -1.60. The van der Waals surface area contributed by atoms with Crippen LogP contribution in [0.5, 0.6) is 0 Å². The summed E-state index contributed by atoms with van der Waals surface area (Å²) >= 11 is 12.3. The van der Waals surface area contributed by atoms with E-state index in [2.05, 4.69) is 16.3 Å². The largest absolute Gasteiger partial charge is 0.478 e. The highest BCUT2D eigenvalue weighted by molar-refractivity contribution is 6.35. The van der Waals surface area contributed by atoms with Gasteiger partial charge in [-0.3, -0.25) is 4.90 Å². The molecule has 0 bridgehead atoms. The molecule has 2 fully saturated rings. The summed E-state index contributed by atoms with van der Waals surface area (Å²) in [6.45, 7) is 4.46. The highest BCUT2D eigenvalue weighted by atomic mass is 35.5. The number of aliphatic carboxylic acids is 2. The average molecular weight is 429 g/mol. The average Bonchev–Trinajstić information content (AvgIpc) is 3.47. The van der Waals surface area contributed by atoms with Gasteiger partial charge >= 0.3 is 11.9 Å². The molecule has 1 heterocycles. The van der Waals surface area contributed by atoms with E-state index in [1.807, 2.05) is 12.1 Å². The van der Waals surface area contributed by atoms with E-state index in [1.165, 1.54) is 37.8 Å². The maximum Gasteiger partial charge on any atom is 0.328 e. The number of hydrogen-bond acceptors (Lipinski definition) is 4. The summed E-state index contributed by atoms with van der Waals surface area (Å²) in [5.74, 6) is -1.60. The molecule has 3 N–H and O–H groups in total. The first-order valence-electron chi connectivity index (χ1n) is 9.37. The molecule has 6 nitrogen and oxygen atoms in total. The predicted molar refractivity (Wildman–Crippen MR) is 110 cm³/mol. The molecule has 1 aromatic carbocycles. The van der Waals surface area contributed by atoms with Crippen molar-refractivity contribution in [1.29, 1.82) is 0 Å². The second kappa shape index (κ2) is 11.4. The molecular weight excluding hydrogens is 403 g/mol. The van der Waals surface area contributed by atoms with Crippen molar-refractivity contribution < 1.29 is 19.8 Å². The van der Waals surface area contributed by atoms with E-state index in [9.17, 15) is 9.59 Å². The Bertz CT molecular complexity index is 685. The quantitative estimate of drug-likeness (QED) is 0.573. The van der Waals surface area contributed by atoms with Crippen LogP contribution in [0, 0.1) is 5.92 Å². The highest BCUT2D eigenvalue weighted by Crippen LogP contribution is 2.32. The van der Waals surface area contributed by atoms with Gasteiger partial charge in [0.15, 0.2) is 0 Å². The lowest BCUT2D eigenvalue weighted by Crippen LogP contribution is -2.43. The number of piperidine rings is 1. The van der Waals surface area contributed by atoms with E-state index in [1.54, 1.807) is 0 Å². The van der Waals surface area contributed by atoms with Crippen molar-refractivity contribution >= 4 is 35.1 Å². The fraction of sp³-hybridized carbons (Fsp3) is 0.500. The zero-order valence-corrected chi connectivity index (χ0v) is 17.1. The van der Waals surface area contributed by atoms with Gasteiger partial charge in [-0.2, -0.15) is 0 Å². The van der Waals surface area contributed by atoms with E-state index in [4.69, 9.17) is 33.4 Å². The summed E-state index contributed by atoms with van der Waals surface area (Å²) in [6.07, 6.45) is 6.41. The van der Waals surface area contributed by atoms with Gasteiger partial charge in [-0.25, -0.2) is 9.59 Å². The molecular formula is C20H26Cl2N2O4. The number of benzene rings is 1. The molecule has 1 aliphatic heterocycles. The van der Waals surface area contributed by atoms with Crippen LogP contribution < -0.4 is 5.32 Å². The molecule has 0 radical (unpaired) electrons. The molecule has 0 amide bonds. The minimum atomic E-state index is -1.26. The third-order valence-electron chi connectivity index (χ3n) is 4.77. The maximum absolute atomic E-state index is 9.55. The lowest BCUT2D eigenvalue weighted by atomic mass is 10.0. The lowest BCUT2D eigenvalue weighted by molar-refractivity contribution is -0.134.